The van der Waals surface area contributed by atoms with E-state index < -0.39 is 24.6 Å². The Morgan fingerprint density at radius 2 is 2.18 bits per heavy atom. The van der Waals surface area contributed by atoms with Gasteiger partial charge in [-0.2, -0.15) is 13.2 Å². The summed E-state index contributed by atoms with van der Waals surface area (Å²) < 4.78 is 45.1. The summed E-state index contributed by atoms with van der Waals surface area (Å²) in [6.07, 6.45) is -3.28. The fourth-order valence-electron chi connectivity index (χ4n) is 0.948. The molecule has 0 fully saturated rings. The van der Waals surface area contributed by atoms with Gasteiger partial charge in [-0.3, -0.25) is 0 Å². The van der Waals surface area contributed by atoms with Gasteiger partial charge in [-0.25, -0.2) is 9.78 Å². The first kappa shape index (κ1) is 13.8. The second-order valence-electron chi connectivity index (χ2n) is 2.90. The Bertz CT molecular complexity index is 422. The molecule has 1 rings (SSSR count). The standard InChI is InChI=1S/C9H7BrF3NO3/c1-16-8(15)6-2-5(10)3-14-7(6)17-4-9(11,12)13/h2-3H,4H2,1H3. The van der Waals surface area contributed by atoms with Crippen LogP contribution in [0.15, 0.2) is 16.7 Å². The van der Waals surface area contributed by atoms with Gasteiger partial charge in [-0.15, -0.1) is 0 Å². The first-order valence-corrected chi connectivity index (χ1v) is 5.06. The molecule has 17 heavy (non-hydrogen) atoms. The second-order valence-corrected chi connectivity index (χ2v) is 3.82. The van der Waals surface area contributed by atoms with Crippen LogP contribution in [0.5, 0.6) is 5.88 Å². The average molecular weight is 314 g/mol. The third-order valence-corrected chi connectivity index (χ3v) is 2.03. The summed E-state index contributed by atoms with van der Waals surface area (Å²) in [5.74, 6) is -1.24. The quantitative estimate of drug-likeness (QED) is 0.805. The molecule has 0 amide bonds. The molecule has 0 radical (unpaired) electrons. The highest BCUT2D eigenvalue weighted by atomic mass is 79.9. The van der Waals surface area contributed by atoms with Crippen LogP contribution in [0.25, 0.3) is 0 Å². The normalized spacial score (nSPS) is 11.1. The average Bonchev–Trinajstić information content (AvgIpc) is 2.25. The molecule has 8 heteroatoms. The Labute approximate surface area is 103 Å². The maximum absolute atomic E-state index is 12.0. The third-order valence-electron chi connectivity index (χ3n) is 1.60. The van der Waals surface area contributed by atoms with Crippen molar-refractivity contribution in [3.05, 3.63) is 22.3 Å². The van der Waals surface area contributed by atoms with Gasteiger partial charge in [-0.1, -0.05) is 0 Å². The Kier molecular flexibility index (Phi) is 4.33. The predicted molar refractivity (Wildman–Crippen MR) is 54.8 cm³/mol. The molecule has 0 spiro atoms. The minimum atomic E-state index is -4.50. The van der Waals surface area contributed by atoms with Gasteiger partial charge in [0, 0.05) is 10.7 Å². The summed E-state index contributed by atoms with van der Waals surface area (Å²) in [7, 11) is 1.11. The fraction of sp³-hybridized carbons (Fsp3) is 0.333. The Morgan fingerprint density at radius 1 is 1.53 bits per heavy atom. The van der Waals surface area contributed by atoms with Crippen molar-refractivity contribution in [3.63, 3.8) is 0 Å². The lowest BCUT2D eigenvalue weighted by atomic mass is 10.3. The number of pyridine rings is 1. The van der Waals surface area contributed by atoms with Crippen molar-refractivity contribution >= 4 is 21.9 Å². The van der Waals surface area contributed by atoms with Crippen molar-refractivity contribution in [1.29, 1.82) is 0 Å². The Morgan fingerprint density at radius 3 is 2.71 bits per heavy atom. The van der Waals surface area contributed by atoms with E-state index in [9.17, 15) is 18.0 Å². The van der Waals surface area contributed by atoms with Crippen LogP contribution >= 0.6 is 15.9 Å². The molecule has 0 saturated heterocycles. The zero-order valence-corrected chi connectivity index (χ0v) is 10.1. The van der Waals surface area contributed by atoms with E-state index in [0.29, 0.717) is 4.47 Å². The molecule has 0 aliphatic heterocycles. The smallest absolute Gasteiger partial charge is 0.422 e. The van der Waals surface area contributed by atoms with Gasteiger partial charge in [-0.05, 0) is 22.0 Å². The van der Waals surface area contributed by atoms with E-state index in [-0.39, 0.29) is 5.56 Å². The number of aromatic nitrogens is 1. The van der Waals surface area contributed by atoms with Crippen molar-refractivity contribution in [2.45, 2.75) is 6.18 Å². The molecule has 0 N–H and O–H groups in total. The number of nitrogens with zero attached hydrogens (tertiary/aromatic N) is 1. The highest BCUT2D eigenvalue weighted by Crippen LogP contribution is 2.23. The van der Waals surface area contributed by atoms with Crippen molar-refractivity contribution in [2.75, 3.05) is 13.7 Å². The van der Waals surface area contributed by atoms with Crippen LogP contribution in [0.4, 0.5) is 13.2 Å². The van der Waals surface area contributed by atoms with Gasteiger partial charge in [0.05, 0.1) is 7.11 Å². The van der Waals surface area contributed by atoms with Crippen LogP contribution in [0.3, 0.4) is 0 Å². The topological polar surface area (TPSA) is 48.4 Å². The first-order valence-electron chi connectivity index (χ1n) is 4.27. The molecule has 1 aromatic rings. The summed E-state index contributed by atoms with van der Waals surface area (Å²) in [5, 5.41) is 0. The van der Waals surface area contributed by atoms with E-state index in [0.717, 1.165) is 7.11 Å². The van der Waals surface area contributed by atoms with Crippen molar-refractivity contribution < 1.29 is 27.4 Å². The molecule has 0 aromatic carbocycles. The molecule has 0 aliphatic carbocycles. The predicted octanol–water partition coefficient (Wildman–Crippen LogP) is 2.57. The highest BCUT2D eigenvalue weighted by Gasteiger charge is 2.29. The summed E-state index contributed by atoms with van der Waals surface area (Å²) in [6.45, 7) is -1.52. The zero-order valence-electron chi connectivity index (χ0n) is 8.55. The third kappa shape index (κ3) is 4.22. The minimum absolute atomic E-state index is 0.175. The lowest BCUT2D eigenvalue weighted by Gasteiger charge is -2.11. The minimum Gasteiger partial charge on any atom is -0.467 e. The summed E-state index contributed by atoms with van der Waals surface area (Å²) in [4.78, 5) is 14.8. The molecular weight excluding hydrogens is 307 g/mol. The number of rotatable bonds is 3. The largest absolute Gasteiger partial charge is 0.467 e. The van der Waals surface area contributed by atoms with Crippen molar-refractivity contribution in [3.8, 4) is 5.88 Å². The number of hydrogen-bond acceptors (Lipinski definition) is 4. The van der Waals surface area contributed by atoms with E-state index in [1.807, 2.05) is 0 Å². The van der Waals surface area contributed by atoms with Gasteiger partial charge in [0.2, 0.25) is 5.88 Å². The number of halogens is 4. The van der Waals surface area contributed by atoms with E-state index in [1.54, 1.807) is 0 Å². The summed E-state index contributed by atoms with van der Waals surface area (Å²) in [5.41, 5.74) is -0.175. The number of carbonyl (C=O) groups is 1. The van der Waals surface area contributed by atoms with Crippen LogP contribution in [0.2, 0.25) is 0 Å². The number of esters is 1. The molecule has 0 atom stereocenters. The van der Waals surface area contributed by atoms with Gasteiger partial charge in [0.1, 0.15) is 5.56 Å². The van der Waals surface area contributed by atoms with Gasteiger partial charge in [0.15, 0.2) is 6.61 Å². The molecule has 4 nitrogen and oxygen atoms in total. The monoisotopic (exact) mass is 313 g/mol. The molecule has 0 aliphatic rings. The Balaban J connectivity index is 2.94. The van der Waals surface area contributed by atoms with Crippen LogP contribution < -0.4 is 4.74 Å². The van der Waals surface area contributed by atoms with Crippen LogP contribution in [-0.4, -0.2) is 30.8 Å². The first-order chi connectivity index (χ1) is 7.83. The van der Waals surface area contributed by atoms with Gasteiger partial charge < -0.3 is 9.47 Å². The van der Waals surface area contributed by atoms with E-state index in [4.69, 9.17) is 0 Å². The summed E-state index contributed by atoms with van der Waals surface area (Å²) in [6, 6.07) is 1.27. The van der Waals surface area contributed by atoms with Gasteiger partial charge >= 0.3 is 12.1 Å². The van der Waals surface area contributed by atoms with Crippen LogP contribution in [0, 0.1) is 0 Å². The maximum Gasteiger partial charge on any atom is 0.422 e. The molecule has 1 heterocycles. The van der Waals surface area contributed by atoms with Crippen molar-refractivity contribution in [1.82, 2.24) is 4.98 Å². The molecule has 94 valence electrons. The Hall–Kier alpha value is -1.31. The SMILES string of the molecule is COC(=O)c1cc(Br)cnc1OCC(F)(F)F. The lowest BCUT2D eigenvalue weighted by molar-refractivity contribution is -0.154. The second kappa shape index (κ2) is 5.35. The molecule has 0 saturated carbocycles. The number of carbonyl (C=O) groups excluding carboxylic acids is 1. The summed E-state index contributed by atoms with van der Waals surface area (Å²) >= 11 is 3.04. The van der Waals surface area contributed by atoms with Gasteiger partial charge in [0.25, 0.3) is 0 Å². The zero-order chi connectivity index (χ0) is 13.1. The number of methoxy groups -OCH3 is 1. The molecule has 0 unspecified atom stereocenters. The highest BCUT2D eigenvalue weighted by molar-refractivity contribution is 9.10. The van der Waals surface area contributed by atoms with Crippen molar-refractivity contribution in [2.24, 2.45) is 0 Å². The number of hydrogen-bond donors (Lipinski definition) is 0. The van der Waals surface area contributed by atoms with E-state index in [2.05, 4.69) is 30.4 Å². The number of alkyl halides is 3. The van der Waals surface area contributed by atoms with E-state index >= 15 is 0 Å². The lowest BCUT2D eigenvalue weighted by Crippen LogP contribution is -2.21. The molecular formula is C9H7BrF3NO3. The van der Waals surface area contributed by atoms with E-state index in [1.165, 1.54) is 12.3 Å². The van der Waals surface area contributed by atoms with Crippen LogP contribution in [-0.2, 0) is 4.74 Å². The fourth-order valence-corrected chi connectivity index (χ4v) is 1.28. The molecule has 1 aromatic heterocycles. The molecule has 0 bridgehead atoms. The van der Waals surface area contributed by atoms with Crippen LogP contribution in [0.1, 0.15) is 10.4 Å². The maximum atomic E-state index is 12.0. The number of ether oxygens (including phenoxy) is 2.